The minimum atomic E-state index is -0.221. The molecule has 1 atom stereocenters. The van der Waals surface area contributed by atoms with Crippen molar-refractivity contribution in [3.8, 4) is 0 Å². The predicted octanol–water partition coefficient (Wildman–Crippen LogP) is 0.859. The van der Waals surface area contributed by atoms with Gasteiger partial charge in [0.1, 0.15) is 0 Å². The van der Waals surface area contributed by atoms with Crippen LogP contribution in [0.4, 0.5) is 0 Å². The van der Waals surface area contributed by atoms with Gasteiger partial charge in [0, 0.05) is 12.1 Å². The van der Waals surface area contributed by atoms with Gasteiger partial charge in [-0.05, 0) is 44.0 Å². The number of hydrogen-bond donors (Lipinski definition) is 1. The predicted molar refractivity (Wildman–Crippen MR) is 75.4 cm³/mol. The van der Waals surface area contributed by atoms with E-state index in [-0.39, 0.29) is 17.6 Å². The van der Waals surface area contributed by atoms with E-state index in [0.717, 1.165) is 19.4 Å². The number of nitrogens with one attached hydrogen (secondary N) is 1. The number of carbonyl (C=O) groups excluding carboxylic acids is 1. The zero-order valence-corrected chi connectivity index (χ0v) is 12.9. The fourth-order valence-electron chi connectivity index (χ4n) is 1.98. The van der Waals surface area contributed by atoms with Gasteiger partial charge in [-0.15, -0.1) is 5.10 Å². The standard InChI is InChI=1S/C12H21N5O2S/c1-12(2,3)13-10(18)8-20-11-14-15-16-17(11)7-9-5-4-6-19-9/h9H,4-8H2,1-3H3,(H,13,18)/t9-/m1/s1. The number of tetrazole rings is 1. The first-order valence-corrected chi connectivity index (χ1v) is 7.74. The molecule has 0 spiro atoms. The summed E-state index contributed by atoms with van der Waals surface area (Å²) in [6.45, 7) is 7.32. The summed E-state index contributed by atoms with van der Waals surface area (Å²) in [4.78, 5) is 11.8. The number of nitrogens with zero attached hydrogens (tertiary/aromatic N) is 4. The third-order valence-corrected chi connectivity index (χ3v) is 3.70. The molecule has 20 heavy (non-hydrogen) atoms. The summed E-state index contributed by atoms with van der Waals surface area (Å²) in [5, 5.41) is 15.2. The zero-order chi connectivity index (χ0) is 14.6. The Balaban J connectivity index is 1.84. The van der Waals surface area contributed by atoms with Crippen molar-refractivity contribution in [3.05, 3.63) is 0 Å². The van der Waals surface area contributed by atoms with Crippen LogP contribution in [0.5, 0.6) is 0 Å². The summed E-state index contributed by atoms with van der Waals surface area (Å²) in [6, 6.07) is 0. The highest BCUT2D eigenvalue weighted by atomic mass is 32.2. The summed E-state index contributed by atoms with van der Waals surface area (Å²) in [7, 11) is 0. The number of rotatable bonds is 5. The smallest absolute Gasteiger partial charge is 0.230 e. The summed E-state index contributed by atoms with van der Waals surface area (Å²) in [6.07, 6.45) is 2.30. The lowest BCUT2D eigenvalue weighted by Gasteiger charge is -2.20. The van der Waals surface area contributed by atoms with Crippen molar-refractivity contribution < 1.29 is 9.53 Å². The minimum Gasteiger partial charge on any atom is -0.376 e. The molecule has 1 fully saturated rings. The van der Waals surface area contributed by atoms with Gasteiger partial charge in [0.15, 0.2) is 0 Å². The second-order valence-corrected chi connectivity index (χ2v) is 6.81. The SMILES string of the molecule is CC(C)(C)NC(=O)CSc1nnnn1C[C@H]1CCCO1. The second kappa shape index (κ2) is 6.53. The monoisotopic (exact) mass is 299 g/mol. The molecule has 1 saturated heterocycles. The van der Waals surface area contributed by atoms with E-state index in [9.17, 15) is 4.79 Å². The highest BCUT2D eigenvalue weighted by Crippen LogP contribution is 2.18. The van der Waals surface area contributed by atoms with Gasteiger partial charge in [-0.25, -0.2) is 4.68 Å². The molecule has 7 nitrogen and oxygen atoms in total. The van der Waals surface area contributed by atoms with E-state index in [1.165, 1.54) is 11.8 Å². The molecule has 112 valence electrons. The Kier molecular flexibility index (Phi) is 4.98. The Morgan fingerprint density at radius 1 is 1.55 bits per heavy atom. The van der Waals surface area contributed by atoms with Gasteiger partial charge in [0.05, 0.1) is 18.4 Å². The van der Waals surface area contributed by atoms with Gasteiger partial charge >= 0.3 is 0 Å². The van der Waals surface area contributed by atoms with Crippen molar-refractivity contribution in [2.75, 3.05) is 12.4 Å². The highest BCUT2D eigenvalue weighted by Gasteiger charge is 2.20. The van der Waals surface area contributed by atoms with Crippen LogP contribution >= 0.6 is 11.8 Å². The average Bonchev–Trinajstić information content (AvgIpc) is 2.96. The zero-order valence-electron chi connectivity index (χ0n) is 12.1. The lowest BCUT2D eigenvalue weighted by Crippen LogP contribution is -2.41. The molecule has 1 aromatic rings. The molecule has 1 aliphatic heterocycles. The molecule has 1 amide bonds. The Labute approximate surface area is 122 Å². The number of hydrogen-bond acceptors (Lipinski definition) is 6. The van der Waals surface area contributed by atoms with Crippen LogP contribution in [-0.2, 0) is 16.1 Å². The molecular formula is C12H21N5O2S. The first-order chi connectivity index (χ1) is 9.44. The molecule has 8 heteroatoms. The fourth-order valence-corrected chi connectivity index (χ4v) is 2.67. The minimum absolute atomic E-state index is 0.0193. The van der Waals surface area contributed by atoms with Gasteiger partial charge in [-0.3, -0.25) is 4.79 Å². The van der Waals surface area contributed by atoms with Crippen LogP contribution < -0.4 is 5.32 Å². The van der Waals surface area contributed by atoms with Crippen molar-refractivity contribution in [1.82, 2.24) is 25.5 Å². The van der Waals surface area contributed by atoms with Crippen LogP contribution in [0.1, 0.15) is 33.6 Å². The van der Waals surface area contributed by atoms with Crippen LogP contribution in [-0.4, -0.2) is 50.1 Å². The van der Waals surface area contributed by atoms with E-state index < -0.39 is 0 Å². The van der Waals surface area contributed by atoms with Crippen molar-refractivity contribution in [2.24, 2.45) is 0 Å². The van der Waals surface area contributed by atoms with Crippen LogP contribution in [0, 0.1) is 0 Å². The summed E-state index contributed by atoms with van der Waals surface area (Å²) in [5.74, 6) is 0.289. The first kappa shape index (κ1) is 15.2. The molecule has 0 radical (unpaired) electrons. The van der Waals surface area contributed by atoms with Gasteiger partial charge in [-0.2, -0.15) is 0 Å². The highest BCUT2D eigenvalue weighted by molar-refractivity contribution is 7.99. The topological polar surface area (TPSA) is 81.9 Å². The van der Waals surface area contributed by atoms with Crippen molar-refractivity contribution >= 4 is 17.7 Å². The van der Waals surface area contributed by atoms with E-state index in [1.807, 2.05) is 20.8 Å². The van der Waals surface area contributed by atoms with Gasteiger partial charge in [0.2, 0.25) is 11.1 Å². The molecule has 0 saturated carbocycles. The van der Waals surface area contributed by atoms with E-state index in [4.69, 9.17) is 4.74 Å². The summed E-state index contributed by atoms with van der Waals surface area (Å²) >= 11 is 1.35. The Morgan fingerprint density at radius 3 is 3.00 bits per heavy atom. The number of ether oxygens (including phenoxy) is 1. The van der Waals surface area contributed by atoms with Crippen LogP contribution in [0.15, 0.2) is 5.16 Å². The number of carbonyl (C=O) groups is 1. The van der Waals surface area contributed by atoms with E-state index >= 15 is 0 Å². The van der Waals surface area contributed by atoms with Crippen LogP contribution in [0.2, 0.25) is 0 Å². The molecule has 1 N–H and O–H groups in total. The van der Waals surface area contributed by atoms with Crippen LogP contribution in [0.25, 0.3) is 0 Å². The first-order valence-electron chi connectivity index (χ1n) is 6.75. The molecule has 0 bridgehead atoms. The summed E-state index contributed by atoms with van der Waals surface area (Å²) < 4.78 is 7.28. The fraction of sp³-hybridized carbons (Fsp3) is 0.833. The van der Waals surface area contributed by atoms with Crippen molar-refractivity contribution in [2.45, 2.75) is 57.0 Å². The van der Waals surface area contributed by atoms with Gasteiger partial charge in [0.25, 0.3) is 0 Å². The van der Waals surface area contributed by atoms with Gasteiger partial charge < -0.3 is 10.1 Å². The third-order valence-electron chi connectivity index (χ3n) is 2.75. The Morgan fingerprint density at radius 2 is 2.35 bits per heavy atom. The van der Waals surface area contributed by atoms with Crippen LogP contribution in [0.3, 0.4) is 0 Å². The maximum atomic E-state index is 11.8. The van der Waals surface area contributed by atoms with E-state index in [2.05, 4.69) is 20.8 Å². The van der Waals surface area contributed by atoms with Crippen molar-refractivity contribution in [3.63, 3.8) is 0 Å². The largest absolute Gasteiger partial charge is 0.376 e. The molecule has 0 unspecified atom stereocenters. The molecule has 1 aromatic heterocycles. The normalized spacial score (nSPS) is 19.2. The second-order valence-electron chi connectivity index (χ2n) is 5.87. The molecule has 2 heterocycles. The maximum Gasteiger partial charge on any atom is 0.230 e. The lowest BCUT2D eigenvalue weighted by molar-refractivity contribution is -0.119. The van der Waals surface area contributed by atoms with E-state index in [0.29, 0.717) is 17.5 Å². The van der Waals surface area contributed by atoms with E-state index in [1.54, 1.807) is 4.68 Å². The molecular weight excluding hydrogens is 278 g/mol. The molecule has 1 aliphatic rings. The summed E-state index contributed by atoms with van der Waals surface area (Å²) in [5.41, 5.74) is -0.221. The van der Waals surface area contributed by atoms with Crippen molar-refractivity contribution in [1.29, 1.82) is 0 Å². The number of amides is 1. The molecule has 0 aliphatic carbocycles. The number of thioether (sulfide) groups is 1. The molecule has 2 rings (SSSR count). The quantitative estimate of drug-likeness (QED) is 0.812. The molecule has 0 aromatic carbocycles. The number of aromatic nitrogens is 4. The average molecular weight is 299 g/mol. The lowest BCUT2D eigenvalue weighted by atomic mass is 10.1. The van der Waals surface area contributed by atoms with Gasteiger partial charge in [-0.1, -0.05) is 11.8 Å². The third kappa shape index (κ3) is 4.75. The maximum absolute atomic E-state index is 11.8. The Hall–Kier alpha value is -1.15. The Bertz CT molecular complexity index is 451.